The van der Waals surface area contributed by atoms with Gasteiger partial charge in [0, 0.05) is 31.1 Å². The Bertz CT molecular complexity index is 1910. The third-order valence-electron chi connectivity index (χ3n) is 7.24. The Labute approximate surface area is 242 Å². The van der Waals surface area contributed by atoms with E-state index in [2.05, 4.69) is 150 Å². The van der Waals surface area contributed by atoms with Crippen molar-refractivity contribution in [1.82, 2.24) is 9.55 Å². The number of terminal acetylenes is 1. The molecule has 1 aliphatic heterocycles. The monoisotopic (exact) mass is 617 g/mol. The highest BCUT2D eigenvalue weighted by Gasteiger charge is 2.20. The molecule has 0 saturated heterocycles. The van der Waals surface area contributed by atoms with Gasteiger partial charge >= 0.3 is 0 Å². The lowest BCUT2D eigenvalue weighted by Crippen LogP contribution is -1.96. The number of rotatable bonds is 5. The van der Waals surface area contributed by atoms with E-state index >= 15 is 0 Å². The van der Waals surface area contributed by atoms with Crippen LogP contribution in [-0.2, 0) is 6.54 Å². The number of aromatic nitrogens is 2. The second-order valence-corrected chi connectivity index (χ2v) is 11.3. The second kappa shape index (κ2) is 10.2. The van der Waals surface area contributed by atoms with Gasteiger partial charge in [0.25, 0.3) is 0 Å². The highest BCUT2D eigenvalue weighted by molar-refractivity contribution is 14.1. The summed E-state index contributed by atoms with van der Waals surface area (Å²) in [4.78, 5) is 8.70. The third-order valence-corrected chi connectivity index (χ3v) is 7.96. The Morgan fingerprint density at radius 3 is 2.46 bits per heavy atom. The number of para-hydroxylation sites is 1. The molecule has 5 aromatic rings. The summed E-state index contributed by atoms with van der Waals surface area (Å²) in [5.41, 5.74) is 12.3. The zero-order chi connectivity index (χ0) is 27.1. The SMILES string of the molecule is C#CCn1c2ccccc2c2cc(/C=C/C3=NC(=C(\c4ccc(I)cc4)c4[nH]c(C)cc4C)/C(C)=C3)ccc21. The lowest BCUT2D eigenvalue weighted by molar-refractivity contribution is 0.924. The van der Waals surface area contributed by atoms with Crippen LogP contribution < -0.4 is 0 Å². The lowest BCUT2D eigenvalue weighted by Gasteiger charge is -2.12. The number of benzene rings is 3. The molecule has 1 aliphatic rings. The van der Waals surface area contributed by atoms with Crippen molar-refractivity contribution in [3.63, 3.8) is 0 Å². The molecule has 3 nitrogen and oxygen atoms in total. The fourth-order valence-electron chi connectivity index (χ4n) is 5.50. The van der Waals surface area contributed by atoms with Crippen LogP contribution in [0.15, 0.2) is 101 Å². The van der Waals surface area contributed by atoms with Crippen LogP contribution in [0.1, 0.15) is 35.0 Å². The first-order valence-electron chi connectivity index (χ1n) is 13.0. The molecule has 190 valence electrons. The summed E-state index contributed by atoms with van der Waals surface area (Å²) < 4.78 is 3.42. The Kier molecular flexibility index (Phi) is 6.62. The Morgan fingerprint density at radius 1 is 0.949 bits per heavy atom. The minimum atomic E-state index is 0.553. The predicted molar refractivity (Wildman–Crippen MR) is 174 cm³/mol. The van der Waals surface area contributed by atoms with Gasteiger partial charge < -0.3 is 9.55 Å². The first-order valence-corrected chi connectivity index (χ1v) is 14.1. The van der Waals surface area contributed by atoms with E-state index in [1.807, 2.05) is 0 Å². The molecule has 0 spiro atoms. The van der Waals surface area contributed by atoms with Gasteiger partial charge in [-0.25, -0.2) is 4.99 Å². The van der Waals surface area contributed by atoms with Crippen molar-refractivity contribution in [3.05, 3.63) is 128 Å². The maximum atomic E-state index is 5.68. The van der Waals surface area contributed by atoms with E-state index in [-0.39, 0.29) is 0 Å². The zero-order valence-electron chi connectivity index (χ0n) is 22.2. The normalized spacial score (nSPS) is 14.7. The van der Waals surface area contributed by atoms with Crippen LogP contribution in [0.3, 0.4) is 0 Å². The van der Waals surface area contributed by atoms with Crippen molar-refractivity contribution >= 4 is 61.8 Å². The van der Waals surface area contributed by atoms with Gasteiger partial charge in [-0.1, -0.05) is 48.4 Å². The molecule has 0 radical (unpaired) electrons. The molecule has 0 amide bonds. The summed E-state index contributed by atoms with van der Waals surface area (Å²) in [6, 6.07) is 25.9. The molecule has 1 N–H and O–H groups in total. The Morgan fingerprint density at radius 2 is 1.72 bits per heavy atom. The minimum Gasteiger partial charge on any atom is -0.358 e. The van der Waals surface area contributed by atoms with Gasteiger partial charge in [0.15, 0.2) is 0 Å². The number of aliphatic imine (C=N–C) groups is 1. The topological polar surface area (TPSA) is 33.1 Å². The van der Waals surface area contributed by atoms with Crippen molar-refractivity contribution in [3.8, 4) is 12.3 Å². The number of hydrogen-bond donors (Lipinski definition) is 1. The van der Waals surface area contributed by atoms with Crippen LogP contribution in [-0.4, -0.2) is 15.3 Å². The van der Waals surface area contributed by atoms with Gasteiger partial charge in [-0.2, -0.15) is 0 Å². The van der Waals surface area contributed by atoms with E-state index < -0.39 is 0 Å². The van der Waals surface area contributed by atoms with Crippen molar-refractivity contribution in [1.29, 1.82) is 0 Å². The van der Waals surface area contributed by atoms with E-state index in [1.54, 1.807) is 0 Å². The highest BCUT2D eigenvalue weighted by Crippen LogP contribution is 2.36. The van der Waals surface area contributed by atoms with Crippen LogP contribution in [0.25, 0.3) is 33.5 Å². The van der Waals surface area contributed by atoms with Crippen LogP contribution in [0.5, 0.6) is 0 Å². The number of nitrogens with zero attached hydrogens (tertiary/aromatic N) is 2. The number of allylic oxidation sites excluding steroid dienone is 3. The van der Waals surface area contributed by atoms with Crippen LogP contribution in [0.2, 0.25) is 0 Å². The molecule has 4 heteroatoms. The molecule has 6 rings (SSSR count). The quantitative estimate of drug-likeness (QED) is 0.151. The second-order valence-electron chi connectivity index (χ2n) is 10.0. The summed E-state index contributed by atoms with van der Waals surface area (Å²) in [5, 5.41) is 2.43. The molecule has 39 heavy (non-hydrogen) atoms. The number of fused-ring (bicyclic) bond motifs is 3. The molecule has 0 atom stereocenters. The van der Waals surface area contributed by atoms with Crippen LogP contribution in [0, 0.1) is 29.8 Å². The van der Waals surface area contributed by atoms with Gasteiger partial charge in [0.05, 0.1) is 29.2 Å². The first-order chi connectivity index (χ1) is 18.9. The fraction of sp³-hybridized carbons (Fsp3) is 0.114. The molecule has 3 aromatic carbocycles. The number of hydrogen-bond acceptors (Lipinski definition) is 1. The predicted octanol–water partition coefficient (Wildman–Crippen LogP) is 8.85. The van der Waals surface area contributed by atoms with Gasteiger partial charge in [-0.3, -0.25) is 0 Å². The van der Waals surface area contributed by atoms with Gasteiger partial charge in [-0.05, 0) is 114 Å². The van der Waals surface area contributed by atoms with E-state index in [0.29, 0.717) is 6.54 Å². The number of H-pyrrole nitrogens is 1. The smallest absolute Gasteiger partial charge is 0.0841 e. The first kappa shape index (κ1) is 25.2. The van der Waals surface area contributed by atoms with Gasteiger partial charge in [0.1, 0.15) is 0 Å². The molecule has 0 fully saturated rings. The van der Waals surface area contributed by atoms with Crippen molar-refractivity contribution in [2.75, 3.05) is 0 Å². The van der Waals surface area contributed by atoms with Crippen LogP contribution in [0.4, 0.5) is 0 Å². The number of aromatic amines is 1. The summed E-state index contributed by atoms with van der Waals surface area (Å²) in [6.45, 7) is 6.95. The molecule has 0 aliphatic carbocycles. The van der Waals surface area contributed by atoms with E-state index in [9.17, 15) is 0 Å². The molecular formula is C35H28IN3. The van der Waals surface area contributed by atoms with E-state index in [0.717, 1.165) is 56.1 Å². The molecular weight excluding hydrogens is 589 g/mol. The summed E-state index contributed by atoms with van der Waals surface area (Å²) >= 11 is 2.35. The maximum Gasteiger partial charge on any atom is 0.0841 e. The standard InChI is InChI=1S/C35H28IN3/c1-5-18-39-31-9-7-6-8-29(31)30-21-25(11-17-32(30)39)10-16-28-20-23(3)35(38-28)33(26-12-14-27(36)15-13-26)34-22(2)19-24(4)37-34/h1,6-17,19-21,37H,18H2,2-4H3/b16-10+,35-33+. The van der Waals surface area contributed by atoms with Crippen LogP contribution >= 0.6 is 22.6 Å². The van der Waals surface area contributed by atoms with Crippen molar-refractivity contribution in [2.24, 2.45) is 4.99 Å². The number of nitrogens with one attached hydrogen (secondary N) is 1. The number of halogens is 1. The van der Waals surface area contributed by atoms with Crippen molar-refractivity contribution < 1.29 is 0 Å². The number of aryl methyl sites for hydroxylation is 2. The fourth-order valence-corrected chi connectivity index (χ4v) is 5.86. The summed E-state index contributed by atoms with van der Waals surface area (Å²) in [7, 11) is 0. The Balaban J connectivity index is 1.42. The lowest BCUT2D eigenvalue weighted by atomic mass is 9.96. The van der Waals surface area contributed by atoms with Gasteiger partial charge in [0.2, 0.25) is 0 Å². The average molecular weight is 618 g/mol. The van der Waals surface area contributed by atoms with E-state index in [1.165, 1.54) is 19.9 Å². The summed E-state index contributed by atoms with van der Waals surface area (Å²) in [6.07, 6.45) is 12.1. The zero-order valence-corrected chi connectivity index (χ0v) is 24.4. The van der Waals surface area contributed by atoms with Gasteiger partial charge in [-0.15, -0.1) is 6.42 Å². The average Bonchev–Trinajstić information content (AvgIpc) is 3.57. The maximum absolute atomic E-state index is 5.68. The van der Waals surface area contributed by atoms with E-state index in [4.69, 9.17) is 11.4 Å². The molecule has 0 bridgehead atoms. The molecule has 2 aromatic heterocycles. The van der Waals surface area contributed by atoms with Crippen molar-refractivity contribution in [2.45, 2.75) is 27.3 Å². The molecule has 0 unspecified atom stereocenters. The molecule has 3 heterocycles. The highest BCUT2D eigenvalue weighted by atomic mass is 127. The Hall–Kier alpha value is -4.08. The minimum absolute atomic E-state index is 0.553. The largest absolute Gasteiger partial charge is 0.358 e. The third kappa shape index (κ3) is 4.68. The summed E-state index contributed by atoms with van der Waals surface area (Å²) in [5.74, 6) is 2.80. The molecule has 0 saturated carbocycles.